The molecule has 0 aliphatic heterocycles. The van der Waals surface area contributed by atoms with Crippen LogP contribution in [0.4, 0.5) is 4.39 Å². The van der Waals surface area contributed by atoms with Gasteiger partial charge in [-0.3, -0.25) is 9.48 Å². The monoisotopic (exact) mass is 319 g/mol. The van der Waals surface area contributed by atoms with Crippen LogP contribution in [0.3, 0.4) is 0 Å². The van der Waals surface area contributed by atoms with Crippen molar-refractivity contribution in [1.29, 1.82) is 0 Å². The van der Waals surface area contributed by atoms with E-state index in [0.29, 0.717) is 12.8 Å². The van der Waals surface area contributed by atoms with Crippen LogP contribution in [0.5, 0.6) is 5.75 Å². The molecule has 0 saturated heterocycles. The Morgan fingerprint density at radius 3 is 2.78 bits per heavy atom. The first kappa shape index (κ1) is 15.5. The number of carbonyl (C=O) groups excluding carboxylic acids is 1. The van der Waals surface area contributed by atoms with Crippen LogP contribution in [0, 0.1) is 11.7 Å². The number of phenols is 1. The number of benzene rings is 1. The SMILES string of the molecule is Cn1cc(C(NC(=O)c2ccc(O)cc2F)C2CC(O)C2)cn1. The minimum atomic E-state index is -0.777. The van der Waals surface area contributed by atoms with Gasteiger partial charge in [0.15, 0.2) is 0 Å². The standard InChI is InChI=1S/C16H18FN3O3/c1-20-8-10(7-18-20)15(9-4-12(22)5-9)19-16(23)13-3-2-11(21)6-14(13)17/h2-3,6-9,12,15,21-22H,4-5H2,1H3,(H,19,23). The summed E-state index contributed by atoms with van der Waals surface area (Å²) in [4.78, 5) is 12.4. The van der Waals surface area contributed by atoms with Gasteiger partial charge in [0, 0.05) is 24.9 Å². The van der Waals surface area contributed by atoms with E-state index in [2.05, 4.69) is 10.4 Å². The molecule has 0 spiro atoms. The highest BCUT2D eigenvalue weighted by atomic mass is 19.1. The van der Waals surface area contributed by atoms with Crippen LogP contribution in [0.25, 0.3) is 0 Å². The topological polar surface area (TPSA) is 87.4 Å². The number of aromatic nitrogens is 2. The van der Waals surface area contributed by atoms with Gasteiger partial charge in [-0.1, -0.05) is 0 Å². The van der Waals surface area contributed by atoms with Gasteiger partial charge in [0.05, 0.1) is 23.9 Å². The molecule has 1 heterocycles. The lowest BCUT2D eigenvalue weighted by molar-refractivity contribution is 0.0234. The maximum atomic E-state index is 13.8. The molecule has 1 amide bonds. The zero-order chi connectivity index (χ0) is 16.6. The third kappa shape index (κ3) is 3.19. The maximum Gasteiger partial charge on any atom is 0.254 e. The third-order valence-corrected chi connectivity index (χ3v) is 4.19. The molecule has 1 aliphatic carbocycles. The molecule has 23 heavy (non-hydrogen) atoms. The summed E-state index contributed by atoms with van der Waals surface area (Å²) in [6.45, 7) is 0. The van der Waals surface area contributed by atoms with Crippen molar-refractivity contribution in [3.05, 3.63) is 47.5 Å². The highest BCUT2D eigenvalue weighted by Crippen LogP contribution is 2.38. The molecule has 122 valence electrons. The Hall–Kier alpha value is -2.41. The smallest absolute Gasteiger partial charge is 0.254 e. The van der Waals surface area contributed by atoms with Crippen LogP contribution in [-0.2, 0) is 7.05 Å². The van der Waals surface area contributed by atoms with Gasteiger partial charge in [-0.05, 0) is 30.9 Å². The zero-order valence-electron chi connectivity index (χ0n) is 12.6. The highest BCUT2D eigenvalue weighted by Gasteiger charge is 2.36. The van der Waals surface area contributed by atoms with E-state index < -0.39 is 11.7 Å². The van der Waals surface area contributed by atoms with Crippen molar-refractivity contribution in [2.24, 2.45) is 13.0 Å². The normalized spacial score (nSPS) is 21.5. The number of nitrogens with zero attached hydrogens (tertiary/aromatic N) is 2. The van der Waals surface area contributed by atoms with E-state index in [9.17, 15) is 19.4 Å². The van der Waals surface area contributed by atoms with E-state index in [1.165, 1.54) is 12.1 Å². The Kier molecular flexibility index (Phi) is 4.04. The molecule has 1 aromatic carbocycles. The fourth-order valence-corrected chi connectivity index (χ4v) is 2.88. The molecule has 1 saturated carbocycles. The first-order valence-corrected chi connectivity index (χ1v) is 7.40. The minimum absolute atomic E-state index is 0.0818. The number of halogens is 1. The number of aryl methyl sites for hydroxylation is 1. The number of hydrogen-bond donors (Lipinski definition) is 3. The van der Waals surface area contributed by atoms with E-state index in [1.807, 2.05) is 0 Å². The first-order valence-electron chi connectivity index (χ1n) is 7.40. The zero-order valence-corrected chi connectivity index (χ0v) is 12.6. The summed E-state index contributed by atoms with van der Waals surface area (Å²) in [7, 11) is 1.78. The lowest BCUT2D eigenvalue weighted by Gasteiger charge is -2.37. The lowest BCUT2D eigenvalue weighted by atomic mass is 9.75. The Balaban J connectivity index is 1.81. The van der Waals surface area contributed by atoms with Crippen molar-refractivity contribution in [2.45, 2.75) is 25.0 Å². The van der Waals surface area contributed by atoms with E-state index in [4.69, 9.17) is 0 Å². The molecule has 0 bridgehead atoms. The van der Waals surface area contributed by atoms with E-state index in [0.717, 1.165) is 11.6 Å². The van der Waals surface area contributed by atoms with Crippen LogP contribution < -0.4 is 5.32 Å². The van der Waals surface area contributed by atoms with Crippen molar-refractivity contribution in [3.63, 3.8) is 0 Å². The number of nitrogens with one attached hydrogen (secondary N) is 1. The number of carbonyl (C=O) groups is 1. The second-order valence-electron chi connectivity index (χ2n) is 5.95. The van der Waals surface area contributed by atoms with Crippen molar-refractivity contribution < 1.29 is 19.4 Å². The predicted octanol–water partition coefficient (Wildman–Crippen LogP) is 1.51. The number of aliphatic hydroxyl groups is 1. The number of phenolic OH excluding ortho intramolecular Hbond substituents is 1. The van der Waals surface area contributed by atoms with Crippen LogP contribution >= 0.6 is 0 Å². The first-order chi connectivity index (χ1) is 10.9. The van der Waals surface area contributed by atoms with Gasteiger partial charge in [0.25, 0.3) is 5.91 Å². The van der Waals surface area contributed by atoms with Crippen LogP contribution in [0.15, 0.2) is 30.6 Å². The number of aliphatic hydroxyl groups excluding tert-OH is 1. The van der Waals surface area contributed by atoms with Gasteiger partial charge in [-0.2, -0.15) is 5.10 Å². The van der Waals surface area contributed by atoms with Gasteiger partial charge in [0.2, 0.25) is 0 Å². The summed E-state index contributed by atoms with van der Waals surface area (Å²) in [5.41, 5.74) is 0.688. The van der Waals surface area contributed by atoms with E-state index in [1.54, 1.807) is 24.1 Å². The fourth-order valence-electron chi connectivity index (χ4n) is 2.88. The molecule has 1 atom stereocenters. The predicted molar refractivity (Wildman–Crippen MR) is 80.2 cm³/mol. The molecular formula is C16H18FN3O3. The van der Waals surface area contributed by atoms with Crippen LogP contribution in [-0.4, -0.2) is 32.0 Å². The molecule has 1 aromatic heterocycles. The van der Waals surface area contributed by atoms with E-state index >= 15 is 0 Å². The molecule has 0 radical (unpaired) electrons. The maximum absolute atomic E-state index is 13.8. The summed E-state index contributed by atoms with van der Waals surface area (Å²) in [6.07, 6.45) is 4.25. The quantitative estimate of drug-likeness (QED) is 0.797. The number of hydrogen-bond acceptors (Lipinski definition) is 4. The average molecular weight is 319 g/mol. The number of rotatable bonds is 4. The second kappa shape index (κ2) is 6.00. The molecule has 7 heteroatoms. The van der Waals surface area contributed by atoms with Crippen molar-refractivity contribution in [3.8, 4) is 5.75 Å². The van der Waals surface area contributed by atoms with Gasteiger partial charge >= 0.3 is 0 Å². The Labute approximate surface area is 132 Å². The Morgan fingerprint density at radius 1 is 1.48 bits per heavy atom. The Morgan fingerprint density at radius 2 is 2.22 bits per heavy atom. The molecular weight excluding hydrogens is 301 g/mol. The number of aromatic hydroxyl groups is 1. The number of amides is 1. The molecule has 6 nitrogen and oxygen atoms in total. The lowest BCUT2D eigenvalue weighted by Crippen LogP contribution is -2.41. The average Bonchev–Trinajstić information content (AvgIpc) is 2.88. The summed E-state index contributed by atoms with van der Waals surface area (Å²) in [5, 5.41) is 25.7. The summed E-state index contributed by atoms with van der Waals surface area (Å²) in [5.74, 6) is -1.48. The molecule has 1 unspecified atom stereocenters. The largest absolute Gasteiger partial charge is 0.508 e. The van der Waals surface area contributed by atoms with Crippen molar-refractivity contribution in [1.82, 2.24) is 15.1 Å². The van der Waals surface area contributed by atoms with Crippen LogP contribution in [0.1, 0.15) is 34.8 Å². The Bertz CT molecular complexity index is 725. The molecule has 1 aliphatic rings. The fraction of sp³-hybridized carbons (Fsp3) is 0.375. The highest BCUT2D eigenvalue weighted by molar-refractivity contribution is 5.94. The summed E-state index contributed by atoms with van der Waals surface area (Å²) < 4.78 is 15.5. The van der Waals surface area contributed by atoms with E-state index in [-0.39, 0.29) is 29.4 Å². The summed E-state index contributed by atoms with van der Waals surface area (Å²) in [6, 6.07) is 3.08. The van der Waals surface area contributed by atoms with Gasteiger partial charge in [-0.25, -0.2) is 4.39 Å². The van der Waals surface area contributed by atoms with Crippen molar-refractivity contribution >= 4 is 5.91 Å². The molecule has 2 aromatic rings. The van der Waals surface area contributed by atoms with Gasteiger partial charge in [0.1, 0.15) is 11.6 Å². The molecule has 1 fully saturated rings. The molecule has 3 rings (SSSR count). The third-order valence-electron chi connectivity index (χ3n) is 4.19. The van der Waals surface area contributed by atoms with Gasteiger partial charge in [-0.15, -0.1) is 0 Å². The second-order valence-corrected chi connectivity index (χ2v) is 5.95. The van der Waals surface area contributed by atoms with Gasteiger partial charge < -0.3 is 15.5 Å². The molecule has 3 N–H and O–H groups in total. The minimum Gasteiger partial charge on any atom is -0.508 e. The van der Waals surface area contributed by atoms with Crippen molar-refractivity contribution in [2.75, 3.05) is 0 Å². The summed E-state index contributed by atoms with van der Waals surface area (Å²) >= 11 is 0. The van der Waals surface area contributed by atoms with Crippen LogP contribution in [0.2, 0.25) is 0 Å².